The molecule has 0 aliphatic heterocycles. The van der Waals surface area contributed by atoms with Crippen LogP contribution in [0.15, 0.2) is 12.1 Å². The van der Waals surface area contributed by atoms with Crippen LogP contribution in [0, 0.1) is 11.6 Å². The van der Waals surface area contributed by atoms with Gasteiger partial charge in [-0.05, 0) is 6.07 Å². The molecule has 0 aliphatic rings. The number of rotatable bonds is 2. The van der Waals surface area contributed by atoms with Crippen molar-refractivity contribution in [1.29, 1.82) is 0 Å². The van der Waals surface area contributed by atoms with E-state index < -0.39 is 29.6 Å². The molecule has 0 saturated carbocycles. The average molecular weight is 209 g/mol. The lowest BCUT2D eigenvalue weighted by molar-refractivity contribution is 0.111. The first-order valence-corrected chi connectivity index (χ1v) is 3.51. The molecule has 1 rings (SSSR count). The van der Waals surface area contributed by atoms with Gasteiger partial charge in [-0.1, -0.05) is 11.5 Å². The van der Waals surface area contributed by atoms with E-state index in [0.717, 1.165) is 0 Å². The largest absolute Gasteiger partial charge is 0.512 e. The Bertz CT molecular complexity index is 373. The minimum atomic E-state index is -5.57. The lowest BCUT2D eigenvalue weighted by atomic mass is 9.79. The molecule has 7 heteroatoms. The summed E-state index contributed by atoms with van der Waals surface area (Å²) in [5.74, 6) is -3.16. The second-order valence-electron chi connectivity index (χ2n) is 2.56. The third kappa shape index (κ3) is 1.76. The van der Waals surface area contributed by atoms with Crippen molar-refractivity contribution in [3.05, 3.63) is 29.3 Å². The predicted molar refractivity (Wildman–Crippen MR) is 40.5 cm³/mol. The number of benzene rings is 1. The number of hydrogen-bond acceptors (Lipinski definition) is 1. The summed E-state index contributed by atoms with van der Waals surface area (Å²) < 4.78 is 61.7. The topological polar surface area (TPSA) is 17.1 Å². The first-order valence-electron chi connectivity index (χ1n) is 3.51. The molecule has 0 radical (unpaired) electrons. The van der Waals surface area contributed by atoms with Crippen LogP contribution in [-0.4, -0.2) is 13.3 Å². The monoisotopic (exact) mass is 209 g/mol. The fourth-order valence-electron chi connectivity index (χ4n) is 0.947. The maximum Gasteiger partial charge on any atom is 0.512 e. The third-order valence-corrected chi connectivity index (χ3v) is 1.63. The van der Waals surface area contributed by atoms with Gasteiger partial charge in [-0.15, -0.1) is 0 Å². The SMILES string of the molecule is O=Cc1c(F)ccc([B-](F)(F)F)c1F. The van der Waals surface area contributed by atoms with E-state index in [1.54, 1.807) is 0 Å². The normalized spacial score (nSPS) is 11.5. The number of carbonyl (C=O) groups is 1. The maximum atomic E-state index is 12.9. The summed E-state index contributed by atoms with van der Waals surface area (Å²) in [4.78, 5) is 10.1. The second-order valence-corrected chi connectivity index (χ2v) is 2.56. The summed E-state index contributed by atoms with van der Waals surface area (Å²) in [6.45, 7) is -5.57. The van der Waals surface area contributed by atoms with Crippen LogP contribution in [0.25, 0.3) is 0 Å². The highest BCUT2D eigenvalue weighted by Gasteiger charge is 2.30. The van der Waals surface area contributed by atoms with E-state index in [0.29, 0.717) is 6.07 Å². The summed E-state index contributed by atoms with van der Waals surface area (Å²) in [5.41, 5.74) is -2.78. The highest BCUT2D eigenvalue weighted by Crippen LogP contribution is 2.15. The van der Waals surface area contributed by atoms with Gasteiger partial charge in [0.1, 0.15) is 11.6 Å². The van der Waals surface area contributed by atoms with Gasteiger partial charge in [0, 0.05) is 0 Å². The molecule has 0 atom stereocenters. The molecular formula is C7H3BF5O-. The number of hydrogen-bond donors (Lipinski definition) is 0. The fraction of sp³-hybridized carbons (Fsp3) is 0. The zero-order valence-corrected chi connectivity index (χ0v) is 6.61. The molecule has 0 amide bonds. The van der Waals surface area contributed by atoms with E-state index in [4.69, 9.17) is 0 Å². The zero-order chi connectivity index (χ0) is 10.9. The highest BCUT2D eigenvalue weighted by atomic mass is 19.4. The van der Waals surface area contributed by atoms with Crippen molar-refractivity contribution in [3.8, 4) is 0 Å². The molecule has 1 nitrogen and oxygen atoms in total. The summed E-state index contributed by atoms with van der Waals surface area (Å²) >= 11 is 0. The Balaban J connectivity index is 3.43. The Kier molecular flexibility index (Phi) is 2.59. The van der Waals surface area contributed by atoms with Crippen molar-refractivity contribution in [2.24, 2.45) is 0 Å². The second kappa shape index (κ2) is 3.40. The molecule has 0 spiro atoms. The van der Waals surface area contributed by atoms with Gasteiger partial charge in [0.05, 0.1) is 5.56 Å². The van der Waals surface area contributed by atoms with Crippen LogP contribution in [-0.2, 0) is 0 Å². The van der Waals surface area contributed by atoms with Crippen LogP contribution in [0.2, 0.25) is 0 Å². The van der Waals surface area contributed by atoms with Crippen LogP contribution in [0.4, 0.5) is 21.7 Å². The summed E-state index contributed by atoms with van der Waals surface area (Å²) in [7, 11) is 0. The van der Waals surface area contributed by atoms with E-state index in [1.165, 1.54) is 0 Å². The molecule has 1 aromatic carbocycles. The molecule has 0 aromatic heterocycles. The Morgan fingerprint density at radius 3 is 2.14 bits per heavy atom. The smallest absolute Gasteiger partial charge is 0.445 e. The van der Waals surface area contributed by atoms with Crippen LogP contribution < -0.4 is 5.46 Å². The Morgan fingerprint density at radius 1 is 1.14 bits per heavy atom. The van der Waals surface area contributed by atoms with E-state index in [9.17, 15) is 26.5 Å². The van der Waals surface area contributed by atoms with Gasteiger partial charge in [-0.2, -0.15) is 0 Å². The molecule has 0 saturated heterocycles. The van der Waals surface area contributed by atoms with Gasteiger partial charge in [0.2, 0.25) is 0 Å². The van der Waals surface area contributed by atoms with Crippen LogP contribution in [0.3, 0.4) is 0 Å². The quantitative estimate of drug-likeness (QED) is 0.412. The van der Waals surface area contributed by atoms with Crippen molar-refractivity contribution in [1.82, 2.24) is 0 Å². The molecule has 0 unspecified atom stereocenters. The van der Waals surface area contributed by atoms with Crippen molar-refractivity contribution >= 4 is 18.7 Å². The standard InChI is InChI=1S/C7H3BF5O/c9-6-2-1-5(8(11,12)13)7(10)4(6)3-14/h1-3H/q-1. The van der Waals surface area contributed by atoms with E-state index >= 15 is 0 Å². The lowest BCUT2D eigenvalue weighted by Crippen LogP contribution is -2.37. The van der Waals surface area contributed by atoms with Crippen molar-refractivity contribution < 1.29 is 26.5 Å². The molecule has 0 fully saturated rings. The van der Waals surface area contributed by atoms with Crippen LogP contribution >= 0.6 is 0 Å². The van der Waals surface area contributed by atoms with Gasteiger partial charge in [-0.25, -0.2) is 8.78 Å². The lowest BCUT2D eigenvalue weighted by Gasteiger charge is -2.16. The molecule has 1 aromatic rings. The Morgan fingerprint density at radius 2 is 1.71 bits per heavy atom. The average Bonchev–Trinajstić information content (AvgIpc) is 2.02. The Labute approximate surface area is 75.6 Å². The van der Waals surface area contributed by atoms with Gasteiger partial charge in [0.15, 0.2) is 6.29 Å². The molecule has 14 heavy (non-hydrogen) atoms. The van der Waals surface area contributed by atoms with E-state index in [2.05, 4.69) is 0 Å². The number of carbonyl (C=O) groups excluding carboxylic acids is 1. The molecule has 0 bridgehead atoms. The van der Waals surface area contributed by atoms with Gasteiger partial charge >= 0.3 is 6.98 Å². The van der Waals surface area contributed by atoms with Gasteiger partial charge in [0.25, 0.3) is 0 Å². The molecule has 76 valence electrons. The molecular weight excluding hydrogens is 206 g/mol. The first-order chi connectivity index (χ1) is 6.38. The van der Waals surface area contributed by atoms with Crippen LogP contribution in [0.5, 0.6) is 0 Å². The minimum absolute atomic E-state index is 0.275. The Hall–Kier alpha value is -1.40. The number of halogens is 5. The van der Waals surface area contributed by atoms with Gasteiger partial charge < -0.3 is 12.9 Å². The van der Waals surface area contributed by atoms with Crippen LogP contribution in [0.1, 0.15) is 10.4 Å². The number of aldehydes is 1. The highest BCUT2D eigenvalue weighted by molar-refractivity contribution is 6.73. The summed E-state index contributed by atoms with van der Waals surface area (Å²) in [5, 5.41) is 0. The molecule has 0 N–H and O–H groups in total. The molecule has 0 heterocycles. The third-order valence-electron chi connectivity index (χ3n) is 1.63. The first kappa shape index (κ1) is 10.7. The predicted octanol–water partition coefficient (Wildman–Crippen LogP) is 1.83. The fourth-order valence-corrected chi connectivity index (χ4v) is 0.947. The zero-order valence-electron chi connectivity index (χ0n) is 6.61. The van der Waals surface area contributed by atoms with E-state index in [-0.39, 0.29) is 12.4 Å². The minimum Gasteiger partial charge on any atom is -0.445 e. The van der Waals surface area contributed by atoms with Crippen molar-refractivity contribution in [2.75, 3.05) is 0 Å². The van der Waals surface area contributed by atoms with Gasteiger partial charge in [-0.3, -0.25) is 4.79 Å². The molecule has 0 aliphatic carbocycles. The van der Waals surface area contributed by atoms with E-state index in [1.807, 2.05) is 0 Å². The van der Waals surface area contributed by atoms with Crippen molar-refractivity contribution in [2.45, 2.75) is 0 Å². The maximum absolute atomic E-state index is 12.9. The summed E-state index contributed by atoms with van der Waals surface area (Å²) in [6.07, 6.45) is -0.282. The summed E-state index contributed by atoms with van der Waals surface area (Å²) in [6, 6.07) is 0.690. The van der Waals surface area contributed by atoms with Crippen molar-refractivity contribution in [3.63, 3.8) is 0 Å².